The molecule has 3 heterocycles. The molecule has 9 heteroatoms. The molecule has 0 amide bonds. The van der Waals surface area contributed by atoms with Crippen molar-refractivity contribution in [3.8, 4) is 5.69 Å². The Bertz CT molecular complexity index is 2120. The molecule has 0 spiro atoms. The highest BCUT2D eigenvalue weighted by molar-refractivity contribution is 7.07. The zero-order chi connectivity index (χ0) is 31.7. The minimum absolute atomic E-state index is 0.192. The number of thiazole rings is 1. The lowest BCUT2D eigenvalue weighted by Crippen LogP contribution is -2.40. The van der Waals surface area contributed by atoms with E-state index in [1.54, 1.807) is 23.6 Å². The molecule has 5 aromatic rings. The molecule has 8 nitrogen and oxygen atoms in total. The van der Waals surface area contributed by atoms with Crippen molar-refractivity contribution in [3.05, 3.63) is 150 Å². The van der Waals surface area contributed by atoms with Crippen molar-refractivity contribution in [1.29, 1.82) is 0 Å². The Morgan fingerprint density at radius 1 is 0.933 bits per heavy atom. The summed E-state index contributed by atoms with van der Waals surface area (Å²) in [6.07, 6.45) is 1.88. The summed E-state index contributed by atoms with van der Waals surface area (Å²) in [6.45, 7) is 5.94. The Labute approximate surface area is 263 Å². The molecule has 45 heavy (non-hydrogen) atoms. The number of nitrogens with zero attached hydrogens (tertiary/aromatic N) is 3. The van der Waals surface area contributed by atoms with Gasteiger partial charge in [0.05, 0.1) is 41.1 Å². The van der Waals surface area contributed by atoms with Crippen molar-refractivity contribution in [1.82, 2.24) is 9.13 Å². The fraction of sp³-hybridized carbons (Fsp3) is 0.167. The lowest BCUT2D eigenvalue weighted by Gasteiger charge is -2.25. The Kier molecular flexibility index (Phi) is 8.19. The van der Waals surface area contributed by atoms with Crippen molar-refractivity contribution >= 4 is 35.0 Å². The van der Waals surface area contributed by atoms with E-state index in [1.165, 1.54) is 18.4 Å². The molecular formula is C36H31N3O5S. The average Bonchev–Trinajstić information content (AvgIpc) is 3.53. The largest absolute Gasteiger partial charge is 0.465 e. The molecule has 0 aliphatic carbocycles. The Hall–Kier alpha value is -5.28. The van der Waals surface area contributed by atoms with E-state index in [0.29, 0.717) is 26.2 Å². The van der Waals surface area contributed by atoms with E-state index in [0.717, 1.165) is 33.8 Å². The molecule has 0 fully saturated rings. The van der Waals surface area contributed by atoms with Gasteiger partial charge in [0.1, 0.15) is 0 Å². The van der Waals surface area contributed by atoms with E-state index in [2.05, 4.69) is 4.57 Å². The Morgan fingerprint density at radius 2 is 1.60 bits per heavy atom. The minimum Gasteiger partial charge on any atom is -0.465 e. The van der Waals surface area contributed by atoms with Crippen LogP contribution >= 0.6 is 11.3 Å². The smallest absolute Gasteiger partial charge is 0.338 e. The number of rotatable bonds is 7. The first-order chi connectivity index (χ1) is 21.8. The van der Waals surface area contributed by atoms with Gasteiger partial charge < -0.3 is 14.0 Å². The fourth-order valence-electron chi connectivity index (χ4n) is 5.73. The molecule has 1 atom stereocenters. The Morgan fingerprint density at radius 3 is 2.24 bits per heavy atom. The number of aromatic nitrogens is 2. The van der Waals surface area contributed by atoms with Crippen LogP contribution in [0.3, 0.4) is 0 Å². The van der Waals surface area contributed by atoms with Crippen LogP contribution in [0.1, 0.15) is 51.4 Å². The zero-order valence-corrected chi connectivity index (χ0v) is 26.1. The number of methoxy groups -OCH3 is 1. The molecule has 1 aliphatic heterocycles. The summed E-state index contributed by atoms with van der Waals surface area (Å²) < 4.78 is 14.5. The summed E-state index contributed by atoms with van der Waals surface area (Å²) in [7, 11) is 1.36. The molecule has 0 N–H and O–H groups in total. The third-order valence-corrected chi connectivity index (χ3v) is 8.78. The van der Waals surface area contributed by atoms with Crippen LogP contribution in [0.2, 0.25) is 0 Å². The highest BCUT2D eigenvalue weighted by Gasteiger charge is 2.35. The van der Waals surface area contributed by atoms with Gasteiger partial charge in [-0.1, -0.05) is 72.0 Å². The van der Waals surface area contributed by atoms with E-state index in [4.69, 9.17) is 14.5 Å². The van der Waals surface area contributed by atoms with Crippen molar-refractivity contribution in [3.63, 3.8) is 0 Å². The van der Waals surface area contributed by atoms with E-state index >= 15 is 0 Å². The van der Waals surface area contributed by atoms with Gasteiger partial charge in [-0.3, -0.25) is 9.36 Å². The van der Waals surface area contributed by atoms with Crippen LogP contribution in [0.25, 0.3) is 17.5 Å². The summed E-state index contributed by atoms with van der Waals surface area (Å²) in [5.41, 5.74) is 6.24. The maximum absolute atomic E-state index is 14.2. The summed E-state index contributed by atoms with van der Waals surface area (Å²) in [4.78, 5) is 45.2. The first-order valence-corrected chi connectivity index (χ1v) is 15.3. The standard InChI is InChI=1S/C36H31N3O5S/c1-5-44-35(42)30-31(24-12-8-6-9-13-24)37-36-39(32(30)25-14-10-7-11-15-25)33(40)29(45-36)21-27-20-22(2)38(23(27)3)28-18-16-26(17-19-28)34(41)43-4/h6-21,32H,5H2,1-4H3/b29-21+/t32-/m1/s1. The number of hydrogen-bond donors (Lipinski definition) is 0. The number of aryl methyl sites for hydroxylation is 1. The van der Waals surface area contributed by atoms with E-state index in [-0.39, 0.29) is 12.2 Å². The minimum atomic E-state index is -0.723. The summed E-state index contributed by atoms with van der Waals surface area (Å²) in [5, 5.41) is 0. The monoisotopic (exact) mass is 617 g/mol. The predicted molar refractivity (Wildman–Crippen MR) is 174 cm³/mol. The number of esters is 2. The third kappa shape index (κ3) is 5.47. The second kappa shape index (κ2) is 12.4. The van der Waals surface area contributed by atoms with Crippen LogP contribution < -0.4 is 14.9 Å². The molecule has 0 saturated heterocycles. The average molecular weight is 618 g/mol. The van der Waals surface area contributed by atoms with Crippen LogP contribution in [0, 0.1) is 13.8 Å². The summed E-state index contributed by atoms with van der Waals surface area (Å²) in [5.74, 6) is -0.904. The van der Waals surface area contributed by atoms with Gasteiger partial charge in [-0.2, -0.15) is 0 Å². The predicted octanol–water partition coefficient (Wildman–Crippen LogP) is 5.13. The molecule has 3 aromatic carbocycles. The SMILES string of the molecule is CCOC(=O)C1=C(c2ccccc2)N=c2s/c(=C/c3cc(C)n(-c4ccc(C(=O)OC)cc4)c3C)c(=O)n2[C@@H]1c1ccccc1. The van der Waals surface area contributed by atoms with Crippen LogP contribution in [0.5, 0.6) is 0 Å². The highest BCUT2D eigenvalue weighted by atomic mass is 32.1. The molecule has 0 bridgehead atoms. The second-order valence-electron chi connectivity index (χ2n) is 10.5. The van der Waals surface area contributed by atoms with Gasteiger partial charge in [-0.15, -0.1) is 0 Å². The van der Waals surface area contributed by atoms with E-state index in [9.17, 15) is 14.4 Å². The number of fused-ring (bicyclic) bond motifs is 1. The lowest BCUT2D eigenvalue weighted by molar-refractivity contribution is -0.138. The lowest BCUT2D eigenvalue weighted by atomic mass is 9.93. The second-order valence-corrected chi connectivity index (χ2v) is 11.6. The molecule has 0 unspecified atom stereocenters. The van der Waals surface area contributed by atoms with Crippen molar-refractivity contribution < 1.29 is 19.1 Å². The normalized spacial score (nSPS) is 14.6. The van der Waals surface area contributed by atoms with Crippen molar-refractivity contribution in [2.24, 2.45) is 4.99 Å². The quantitative estimate of drug-likeness (QED) is 0.236. The van der Waals surface area contributed by atoms with Gasteiger partial charge in [0.15, 0.2) is 4.80 Å². The van der Waals surface area contributed by atoms with Crippen molar-refractivity contribution in [2.45, 2.75) is 26.8 Å². The molecule has 0 radical (unpaired) electrons. The first kappa shape index (κ1) is 29.8. The number of carbonyl (C=O) groups is 2. The van der Waals surface area contributed by atoms with Gasteiger partial charge in [-0.05, 0) is 68.3 Å². The molecule has 1 aliphatic rings. The summed E-state index contributed by atoms with van der Waals surface area (Å²) in [6, 6.07) is 27.5. The van der Waals surface area contributed by atoms with Gasteiger partial charge in [0, 0.05) is 22.6 Å². The number of carbonyl (C=O) groups excluding carboxylic acids is 2. The van der Waals surface area contributed by atoms with Crippen LogP contribution in [0.15, 0.2) is 106 Å². The molecule has 6 rings (SSSR count). The number of benzene rings is 3. The van der Waals surface area contributed by atoms with Crippen LogP contribution in [-0.4, -0.2) is 34.8 Å². The van der Waals surface area contributed by atoms with E-state index < -0.39 is 18.0 Å². The van der Waals surface area contributed by atoms with Gasteiger partial charge in [0.25, 0.3) is 5.56 Å². The maximum atomic E-state index is 14.2. The van der Waals surface area contributed by atoms with E-state index in [1.807, 2.05) is 98.8 Å². The fourth-order valence-corrected chi connectivity index (χ4v) is 6.72. The molecule has 0 saturated carbocycles. The molecular weight excluding hydrogens is 586 g/mol. The van der Waals surface area contributed by atoms with Gasteiger partial charge in [0.2, 0.25) is 0 Å². The molecule has 2 aromatic heterocycles. The zero-order valence-electron chi connectivity index (χ0n) is 25.3. The summed E-state index contributed by atoms with van der Waals surface area (Å²) >= 11 is 1.29. The van der Waals surface area contributed by atoms with Crippen LogP contribution in [-0.2, 0) is 14.3 Å². The van der Waals surface area contributed by atoms with Gasteiger partial charge in [-0.25, -0.2) is 14.6 Å². The first-order valence-electron chi connectivity index (χ1n) is 14.5. The third-order valence-electron chi connectivity index (χ3n) is 7.79. The number of hydrogen-bond acceptors (Lipinski definition) is 7. The maximum Gasteiger partial charge on any atom is 0.338 e. The topological polar surface area (TPSA) is 91.9 Å². The molecule has 226 valence electrons. The number of ether oxygens (including phenoxy) is 2. The highest BCUT2D eigenvalue weighted by Crippen LogP contribution is 2.35. The van der Waals surface area contributed by atoms with Crippen LogP contribution in [0.4, 0.5) is 0 Å². The Balaban J connectivity index is 1.54. The van der Waals surface area contributed by atoms with Crippen molar-refractivity contribution in [2.75, 3.05) is 13.7 Å². The van der Waals surface area contributed by atoms with Gasteiger partial charge >= 0.3 is 11.9 Å².